The normalized spacial score (nSPS) is 21.3. The highest BCUT2D eigenvalue weighted by Crippen LogP contribution is 2.25. The molecular formula is C13H19N5. The maximum atomic E-state index is 4.45. The molecule has 1 aliphatic rings. The molecular weight excluding hydrogens is 226 g/mol. The zero-order chi connectivity index (χ0) is 12.4. The molecule has 1 aliphatic heterocycles. The van der Waals surface area contributed by atoms with Gasteiger partial charge in [0, 0.05) is 44.1 Å². The molecule has 1 atom stereocenters. The number of H-pyrrole nitrogens is 1. The number of hydrogen-bond donors (Lipinski definition) is 1. The number of piperidine rings is 1. The Labute approximate surface area is 107 Å². The van der Waals surface area contributed by atoms with Crippen molar-refractivity contribution in [2.45, 2.75) is 25.3 Å². The van der Waals surface area contributed by atoms with Crippen LogP contribution in [0.2, 0.25) is 0 Å². The average molecular weight is 245 g/mol. The number of hydrogen-bond acceptors (Lipinski definition) is 3. The molecule has 5 nitrogen and oxygen atoms in total. The smallest absolute Gasteiger partial charge is 0.0764 e. The fourth-order valence-corrected chi connectivity index (χ4v) is 2.72. The predicted octanol–water partition coefficient (Wildman–Crippen LogP) is 1.52. The summed E-state index contributed by atoms with van der Waals surface area (Å²) >= 11 is 0. The second-order valence-corrected chi connectivity index (χ2v) is 5.07. The summed E-state index contributed by atoms with van der Waals surface area (Å²) in [5.41, 5.74) is 2.42. The molecule has 18 heavy (non-hydrogen) atoms. The Morgan fingerprint density at radius 2 is 2.39 bits per heavy atom. The Morgan fingerprint density at radius 1 is 1.44 bits per heavy atom. The minimum absolute atomic E-state index is 0.588. The van der Waals surface area contributed by atoms with Crippen molar-refractivity contribution in [1.29, 1.82) is 0 Å². The molecule has 0 saturated carbocycles. The maximum absolute atomic E-state index is 4.45. The fraction of sp³-hybridized carbons (Fsp3) is 0.538. The summed E-state index contributed by atoms with van der Waals surface area (Å²) in [7, 11) is 1.97. The summed E-state index contributed by atoms with van der Waals surface area (Å²) in [6, 6.07) is 4.19. The van der Waals surface area contributed by atoms with E-state index >= 15 is 0 Å². The van der Waals surface area contributed by atoms with Gasteiger partial charge in [-0.3, -0.25) is 14.7 Å². The molecule has 0 aliphatic carbocycles. The third-order valence-corrected chi connectivity index (χ3v) is 3.62. The van der Waals surface area contributed by atoms with Gasteiger partial charge in [-0.2, -0.15) is 10.2 Å². The van der Waals surface area contributed by atoms with Gasteiger partial charge in [0.25, 0.3) is 0 Å². The van der Waals surface area contributed by atoms with Gasteiger partial charge in [0.15, 0.2) is 0 Å². The Bertz CT molecular complexity index is 487. The SMILES string of the molecule is Cn1ccc(CN2CCCC(c3ccn[nH]3)C2)n1. The first-order valence-electron chi connectivity index (χ1n) is 6.51. The highest BCUT2D eigenvalue weighted by atomic mass is 15.3. The lowest BCUT2D eigenvalue weighted by molar-refractivity contribution is 0.196. The van der Waals surface area contributed by atoms with Crippen LogP contribution >= 0.6 is 0 Å². The van der Waals surface area contributed by atoms with E-state index in [4.69, 9.17) is 0 Å². The van der Waals surface area contributed by atoms with Gasteiger partial charge in [-0.15, -0.1) is 0 Å². The van der Waals surface area contributed by atoms with Crippen LogP contribution in [-0.2, 0) is 13.6 Å². The fourth-order valence-electron chi connectivity index (χ4n) is 2.72. The van der Waals surface area contributed by atoms with Crippen LogP contribution in [0.15, 0.2) is 24.5 Å². The van der Waals surface area contributed by atoms with Gasteiger partial charge < -0.3 is 0 Å². The average Bonchev–Trinajstić information content (AvgIpc) is 3.01. The minimum atomic E-state index is 0.588. The summed E-state index contributed by atoms with van der Waals surface area (Å²) in [4.78, 5) is 2.48. The highest BCUT2D eigenvalue weighted by molar-refractivity contribution is 5.08. The second kappa shape index (κ2) is 4.94. The first-order valence-corrected chi connectivity index (χ1v) is 6.51. The Hall–Kier alpha value is -1.62. The third kappa shape index (κ3) is 2.46. The first kappa shape index (κ1) is 11.5. The van der Waals surface area contributed by atoms with Gasteiger partial charge in [-0.25, -0.2) is 0 Å². The van der Waals surface area contributed by atoms with Crippen molar-refractivity contribution >= 4 is 0 Å². The van der Waals surface area contributed by atoms with Crippen LogP contribution in [0.3, 0.4) is 0 Å². The molecule has 1 fully saturated rings. The molecule has 2 aromatic heterocycles. The van der Waals surface area contributed by atoms with Crippen LogP contribution in [0.4, 0.5) is 0 Å². The van der Waals surface area contributed by atoms with E-state index in [1.54, 1.807) is 0 Å². The van der Waals surface area contributed by atoms with Crippen LogP contribution in [-0.4, -0.2) is 38.0 Å². The minimum Gasteiger partial charge on any atom is -0.297 e. The number of aryl methyl sites for hydroxylation is 1. The topological polar surface area (TPSA) is 49.7 Å². The lowest BCUT2D eigenvalue weighted by atomic mass is 9.95. The lowest BCUT2D eigenvalue weighted by Gasteiger charge is -2.31. The molecule has 96 valence electrons. The molecule has 1 unspecified atom stereocenters. The molecule has 3 rings (SSSR count). The van der Waals surface area contributed by atoms with Crippen molar-refractivity contribution in [3.63, 3.8) is 0 Å². The van der Waals surface area contributed by atoms with Crippen molar-refractivity contribution in [3.8, 4) is 0 Å². The van der Waals surface area contributed by atoms with E-state index in [1.807, 2.05) is 24.1 Å². The van der Waals surface area contributed by atoms with Crippen molar-refractivity contribution in [3.05, 3.63) is 35.9 Å². The maximum Gasteiger partial charge on any atom is 0.0764 e. The number of nitrogens with one attached hydrogen (secondary N) is 1. The number of aromatic nitrogens is 4. The van der Waals surface area contributed by atoms with Crippen LogP contribution in [0.5, 0.6) is 0 Å². The molecule has 5 heteroatoms. The summed E-state index contributed by atoms with van der Waals surface area (Å²) in [5, 5.41) is 11.6. The molecule has 1 N–H and O–H groups in total. The molecule has 3 heterocycles. The highest BCUT2D eigenvalue weighted by Gasteiger charge is 2.22. The van der Waals surface area contributed by atoms with Gasteiger partial charge in [0.1, 0.15) is 0 Å². The monoisotopic (exact) mass is 245 g/mol. The van der Waals surface area contributed by atoms with Crippen molar-refractivity contribution < 1.29 is 0 Å². The number of aromatic amines is 1. The van der Waals surface area contributed by atoms with Crippen LogP contribution < -0.4 is 0 Å². The van der Waals surface area contributed by atoms with E-state index < -0.39 is 0 Å². The zero-order valence-corrected chi connectivity index (χ0v) is 10.7. The third-order valence-electron chi connectivity index (χ3n) is 3.62. The van der Waals surface area contributed by atoms with E-state index in [9.17, 15) is 0 Å². The molecule has 0 radical (unpaired) electrons. The van der Waals surface area contributed by atoms with Crippen LogP contribution in [0.25, 0.3) is 0 Å². The molecule has 1 saturated heterocycles. The summed E-state index contributed by atoms with van der Waals surface area (Å²) in [5.74, 6) is 0.588. The van der Waals surface area contributed by atoms with E-state index in [0.717, 1.165) is 18.8 Å². The van der Waals surface area contributed by atoms with Gasteiger partial charge in [-0.05, 0) is 31.5 Å². The Balaban J connectivity index is 1.63. The van der Waals surface area contributed by atoms with Gasteiger partial charge >= 0.3 is 0 Å². The lowest BCUT2D eigenvalue weighted by Crippen LogP contribution is -2.34. The van der Waals surface area contributed by atoms with Crippen molar-refractivity contribution in [2.75, 3.05) is 13.1 Å². The van der Waals surface area contributed by atoms with Gasteiger partial charge in [-0.1, -0.05) is 0 Å². The van der Waals surface area contributed by atoms with Crippen LogP contribution in [0.1, 0.15) is 30.1 Å². The molecule has 2 aromatic rings. The summed E-state index contributed by atoms with van der Waals surface area (Å²) in [6.45, 7) is 3.21. The van der Waals surface area contributed by atoms with E-state index in [1.165, 1.54) is 25.1 Å². The molecule has 0 amide bonds. The standard InChI is InChI=1S/C13H19N5/c1-17-8-5-12(16-17)10-18-7-2-3-11(9-18)13-4-6-14-15-13/h4-6,8,11H,2-3,7,9-10H2,1H3,(H,14,15). The molecule has 0 bridgehead atoms. The Kier molecular flexibility index (Phi) is 3.15. The van der Waals surface area contributed by atoms with Gasteiger partial charge in [0.05, 0.1) is 5.69 Å². The van der Waals surface area contributed by atoms with Crippen molar-refractivity contribution in [1.82, 2.24) is 24.9 Å². The first-order chi connectivity index (χ1) is 8.81. The number of rotatable bonds is 3. The van der Waals surface area contributed by atoms with E-state index in [2.05, 4.69) is 32.3 Å². The van der Waals surface area contributed by atoms with Crippen LogP contribution in [0, 0.1) is 0 Å². The van der Waals surface area contributed by atoms with E-state index in [-0.39, 0.29) is 0 Å². The largest absolute Gasteiger partial charge is 0.297 e. The molecule has 0 aromatic carbocycles. The Morgan fingerprint density at radius 3 is 3.11 bits per heavy atom. The summed E-state index contributed by atoms with van der Waals surface area (Å²) < 4.78 is 1.87. The predicted molar refractivity (Wildman–Crippen MR) is 69.0 cm³/mol. The number of nitrogens with zero attached hydrogens (tertiary/aromatic N) is 4. The molecule has 0 spiro atoms. The second-order valence-electron chi connectivity index (χ2n) is 5.07. The zero-order valence-electron chi connectivity index (χ0n) is 10.7. The van der Waals surface area contributed by atoms with Crippen molar-refractivity contribution in [2.24, 2.45) is 7.05 Å². The van der Waals surface area contributed by atoms with E-state index in [0.29, 0.717) is 5.92 Å². The van der Waals surface area contributed by atoms with Gasteiger partial charge in [0.2, 0.25) is 0 Å². The summed E-state index contributed by atoms with van der Waals surface area (Å²) in [6.07, 6.45) is 6.34. The number of likely N-dealkylation sites (tertiary alicyclic amines) is 1. The quantitative estimate of drug-likeness (QED) is 0.892.